The number of carbonyl (C=O) groups excluding carboxylic acids is 2. The van der Waals surface area contributed by atoms with E-state index >= 15 is 0 Å². The molecule has 0 bridgehead atoms. The number of carbonyl (C=O) groups is 2. The summed E-state index contributed by atoms with van der Waals surface area (Å²) in [6.45, 7) is 4.07. The largest absolute Gasteiger partial charge is 0.365 e. The van der Waals surface area contributed by atoms with Crippen molar-refractivity contribution in [2.45, 2.75) is 33.1 Å². The summed E-state index contributed by atoms with van der Waals surface area (Å²) < 4.78 is 0. The number of hydrogen-bond acceptors (Lipinski definition) is 4. The van der Waals surface area contributed by atoms with Crippen LogP contribution in [0.4, 0.5) is 5.00 Å². The van der Waals surface area contributed by atoms with E-state index in [1.807, 2.05) is 19.1 Å². The van der Waals surface area contributed by atoms with Crippen molar-refractivity contribution < 1.29 is 9.59 Å². The first kappa shape index (κ1) is 18.5. The third kappa shape index (κ3) is 3.78. The number of thiocarbonyl (C=S) groups is 1. The Morgan fingerprint density at radius 1 is 1.31 bits per heavy atom. The summed E-state index contributed by atoms with van der Waals surface area (Å²) in [5, 5.41) is 6.45. The Labute approximate surface area is 162 Å². The molecule has 1 aliphatic carbocycles. The van der Waals surface area contributed by atoms with E-state index in [4.69, 9.17) is 18.0 Å². The smallest absolute Gasteiger partial charge is 0.257 e. The molecule has 26 heavy (non-hydrogen) atoms. The molecular formula is C19H21N3O2S2. The molecule has 0 saturated carbocycles. The SMILES string of the molecule is Cc1ccccc1C(=O)NC(=S)Nc1sc2c(c1C(N)=O)CC[C@H](C)C2. The molecule has 1 aromatic heterocycles. The maximum atomic E-state index is 12.4. The minimum atomic E-state index is -0.465. The lowest BCUT2D eigenvalue weighted by Crippen LogP contribution is -2.34. The second-order valence-electron chi connectivity index (χ2n) is 6.64. The molecule has 136 valence electrons. The van der Waals surface area contributed by atoms with E-state index in [0.29, 0.717) is 22.0 Å². The molecule has 0 radical (unpaired) electrons. The number of benzene rings is 1. The highest BCUT2D eigenvalue weighted by molar-refractivity contribution is 7.80. The molecule has 1 heterocycles. The minimum absolute atomic E-state index is 0.160. The second-order valence-corrected chi connectivity index (χ2v) is 8.16. The van der Waals surface area contributed by atoms with E-state index in [0.717, 1.165) is 30.4 Å². The van der Waals surface area contributed by atoms with Crippen molar-refractivity contribution in [3.8, 4) is 0 Å². The third-order valence-electron chi connectivity index (χ3n) is 4.60. The van der Waals surface area contributed by atoms with Crippen LogP contribution in [0.5, 0.6) is 0 Å². The van der Waals surface area contributed by atoms with Crippen LogP contribution in [0, 0.1) is 12.8 Å². The Hall–Kier alpha value is -2.25. The molecule has 3 rings (SSSR count). The number of fused-ring (bicyclic) bond motifs is 1. The normalized spacial score (nSPS) is 15.8. The van der Waals surface area contributed by atoms with Crippen molar-refractivity contribution >= 4 is 45.5 Å². The summed E-state index contributed by atoms with van der Waals surface area (Å²) in [4.78, 5) is 25.5. The molecule has 4 N–H and O–H groups in total. The number of anilines is 1. The minimum Gasteiger partial charge on any atom is -0.365 e. The molecule has 2 aromatic rings. The van der Waals surface area contributed by atoms with Crippen molar-refractivity contribution in [3.63, 3.8) is 0 Å². The van der Waals surface area contributed by atoms with Crippen LogP contribution in [-0.2, 0) is 12.8 Å². The molecule has 0 fully saturated rings. The van der Waals surface area contributed by atoms with Gasteiger partial charge in [0.1, 0.15) is 5.00 Å². The fourth-order valence-electron chi connectivity index (χ4n) is 3.23. The van der Waals surface area contributed by atoms with Crippen molar-refractivity contribution in [2.24, 2.45) is 11.7 Å². The van der Waals surface area contributed by atoms with Gasteiger partial charge < -0.3 is 11.1 Å². The number of primary amides is 1. The van der Waals surface area contributed by atoms with E-state index in [9.17, 15) is 9.59 Å². The van der Waals surface area contributed by atoms with Gasteiger partial charge in [0.2, 0.25) is 0 Å². The Morgan fingerprint density at radius 2 is 2.04 bits per heavy atom. The van der Waals surface area contributed by atoms with Crippen molar-refractivity contribution in [1.29, 1.82) is 0 Å². The van der Waals surface area contributed by atoms with Crippen LogP contribution in [0.2, 0.25) is 0 Å². The average Bonchev–Trinajstić information content (AvgIpc) is 2.91. The van der Waals surface area contributed by atoms with Crippen molar-refractivity contribution in [2.75, 3.05) is 5.32 Å². The zero-order chi connectivity index (χ0) is 18.8. The molecule has 1 aliphatic rings. The zero-order valence-electron chi connectivity index (χ0n) is 14.7. The Morgan fingerprint density at radius 3 is 2.73 bits per heavy atom. The number of nitrogens with one attached hydrogen (secondary N) is 2. The lowest BCUT2D eigenvalue weighted by Gasteiger charge is -2.18. The number of aryl methyl sites for hydroxylation is 1. The predicted octanol–water partition coefficient (Wildman–Crippen LogP) is 3.41. The number of rotatable bonds is 3. The van der Waals surface area contributed by atoms with Gasteiger partial charge in [-0.2, -0.15) is 0 Å². The highest BCUT2D eigenvalue weighted by Gasteiger charge is 2.27. The Kier molecular flexibility index (Phi) is 5.38. The zero-order valence-corrected chi connectivity index (χ0v) is 16.4. The first-order valence-electron chi connectivity index (χ1n) is 8.49. The monoisotopic (exact) mass is 387 g/mol. The fourth-order valence-corrected chi connectivity index (χ4v) is 4.91. The van der Waals surface area contributed by atoms with Crippen LogP contribution in [0.3, 0.4) is 0 Å². The topological polar surface area (TPSA) is 84.2 Å². The summed E-state index contributed by atoms with van der Waals surface area (Å²) in [5.74, 6) is -0.161. The molecule has 2 amide bonds. The van der Waals surface area contributed by atoms with Crippen molar-refractivity contribution in [1.82, 2.24) is 5.32 Å². The van der Waals surface area contributed by atoms with Gasteiger partial charge in [-0.15, -0.1) is 11.3 Å². The van der Waals surface area contributed by atoms with Gasteiger partial charge in [0, 0.05) is 10.4 Å². The van der Waals surface area contributed by atoms with Crippen LogP contribution in [0.25, 0.3) is 0 Å². The molecule has 0 aliphatic heterocycles. The summed E-state index contributed by atoms with van der Waals surface area (Å²) in [6.07, 6.45) is 2.82. The first-order chi connectivity index (χ1) is 12.4. The molecule has 5 nitrogen and oxygen atoms in total. The fraction of sp³-hybridized carbons (Fsp3) is 0.316. The molecule has 0 saturated heterocycles. The summed E-state index contributed by atoms with van der Waals surface area (Å²) in [5.41, 5.74) is 8.56. The third-order valence-corrected chi connectivity index (χ3v) is 5.98. The lowest BCUT2D eigenvalue weighted by molar-refractivity contribution is 0.0975. The first-order valence-corrected chi connectivity index (χ1v) is 9.71. The summed E-state index contributed by atoms with van der Waals surface area (Å²) >= 11 is 6.77. The maximum Gasteiger partial charge on any atom is 0.257 e. The lowest BCUT2D eigenvalue weighted by atomic mass is 9.88. The maximum absolute atomic E-state index is 12.4. The second kappa shape index (κ2) is 7.55. The van der Waals surface area contributed by atoms with E-state index in [1.54, 1.807) is 12.1 Å². The molecular weight excluding hydrogens is 366 g/mol. The van der Waals surface area contributed by atoms with Crippen LogP contribution < -0.4 is 16.4 Å². The Balaban J connectivity index is 1.78. The van der Waals surface area contributed by atoms with E-state index < -0.39 is 5.91 Å². The summed E-state index contributed by atoms with van der Waals surface area (Å²) in [7, 11) is 0. The number of nitrogens with two attached hydrogens (primary N) is 1. The number of hydrogen-bond donors (Lipinski definition) is 3. The van der Waals surface area contributed by atoms with Gasteiger partial charge in [-0.3, -0.25) is 14.9 Å². The molecule has 7 heteroatoms. The van der Waals surface area contributed by atoms with E-state index in [1.165, 1.54) is 16.2 Å². The standard InChI is InChI=1S/C19H21N3O2S2/c1-10-7-8-13-14(9-10)26-18(15(13)16(20)23)22-19(25)21-17(24)12-6-4-3-5-11(12)2/h3-6,10H,7-9H2,1-2H3,(H2,20,23)(H2,21,22,24,25)/t10-/m0/s1. The van der Waals surface area contributed by atoms with Crippen LogP contribution in [0.1, 0.15) is 50.1 Å². The van der Waals surface area contributed by atoms with Gasteiger partial charge in [-0.25, -0.2) is 0 Å². The quantitative estimate of drug-likeness (QED) is 0.705. The number of amides is 2. The molecule has 0 spiro atoms. The van der Waals surface area contributed by atoms with Gasteiger partial charge in [-0.1, -0.05) is 25.1 Å². The average molecular weight is 388 g/mol. The highest BCUT2D eigenvalue weighted by atomic mass is 32.1. The van der Waals surface area contributed by atoms with Gasteiger partial charge in [0.25, 0.3) is 11.8 Å². The number of thiophene rings is 1. The van der Waals surface area contributed by atoms with E-state index in [-0.39, 0.29) is 11.0 Å². The van der Waals surface area contributed by atoms with E-state index in [2.05, 4.69) is 17.6 Å². The van der Waals surface area contributed by atoms with Crippen LogP contribution in [0.15, 0.2) is 24.3 Å². The molecule has 1 atom stereocenters. The molecule has 0 unspecified atom stereocenters. The van der Waals surface area contributed by atoms with Crippen LogP contribution >= 0.6 is 23.6 Å². The van der Waals surface area contributed by atoms with Crippen LogP contribution in [-0.4, -0.2) is 16.9 Å². The van der Waals surface area contributed by atoms with Gasteiger partial charge in [0.15, 0.2) is 5.11 Å². The summed E-state index contributed by atoms with van der Waals surface area (Å²) in [6, 6.07) is 7.29. The highest BCUT2D eigenvalue weighted by Crippen LogP contribution is 2.39. The van der Waals surface area contributed by atoms with Gasteiger partial charge >= 0.3 is 0 Å². The van der Waals surface area contributed by atoms with Gasteiger partial charge in [-0.05, 0) is 61.5 Å². The van der Waals surface area contributed by atoms with Gasteiger partial charge in [0.05, 0.1) is 5.56 Å². The Bertz CT molecular complexity index is 889. The van der Waals surface area contributed by atoms with Crippen molar-refractivity contribution in [3.05, 3.63) is 51.4 Å². The predicted molar refractivity (Wildman–Crippen MR) is 109 cm³/mol. The molecule has 1 aromatic carbocycles.